The molecule has 3 heteroatoms. The molecule has 3 aromatic rings. The first kappa shape index (κ1) is 17.9. The smallest absolute Gasteiger partial charge is 0.144 e. The van der Waals surface area contributed by atoms with Crippen LogP contribution in [0.2, 0.25) is 0 Å². The van der Waals surface area contributed by atoms with E-state index in [1.165, 1.54) is 10.9 Å². The van der Waals surface area contributed by atoms with Gasteiger partial charge in [-0.1, -0.05) is 78.9 Å². The fourth-order valence-electron chi connectivity index (χ4n) is 3.47. The maximum atomic E-state index is 11.8. The highest BCUT2D eigenvalue weighted by Gasteiger charge is 2.37. The Morgan fingerprint density at radius 1 is 0.800 bits per heavy atom. The Hall–Kier alpha value is -1.89. The molecule has 0 amide bonds. The normalized spacial score (nSPS) is 14.1. The van der Waals surface area contributed by atoms with Crippen molar-refractivity contribution in [3.05, 3.63) is 102 Å². The van der Waals surface area contributed by atoms with E-state index in [-0.39, 0.29) is 0 Å². The minimum Gasteiger partial charge on any atom is -0.377 e. The monoisotopic (exact) mass is 345 g/mol. The van der Waals surface area contributed by atoms with Gasteiger partial charge in [0.1, 0.15) is 5.60 Å². The lowest BCUT2D eigenvalue weighted by molar-refractivity contribution is 0.106. The number of hydrogen-bond donors (Lipinski definition) is 1. The van der Waals surface area contributed by atoms with E-state index in [0.29, 0.717) is 6.16 Å². The highest BCUT2D eigenvalue weighted by Crippen LogP contribution is 2.55. The molecule has 3 aromatic carbocycles. The topological polar surface area (TPSA) is 20.2 Å². The van der Waals surface area contributed by atoms with Crippen molar-refractivity contribution in [3.8, 4) is 0 Å². The van der Waals surface area contributed by atoms with Crippen LogP contribution in [0.15, 0.2) is 84.9 Å². The minimum atomic E-state index is -2.03. The largest absolute Gasteiger partial charge is 0.377 e. The van der Waals surface area contributed by atoms with Gasteiger partial charge in [0, 0.05) is 12.0 Å². The number of aryl methyl sites for hydroxylation is 1. The van der Waals surface area contributed by atoms with Gasteiger partial charge in [-0.25, -0.2) is 7.14 Å². The summed E-state index contributed by atoms with van der Waals surface area (Å²) < 4.78 is 0. The summed E-state index contributed by atoms with van der Waals surface area (Å²) in [5, 5.41) is 13.0. The molecule has 1 N–H and O–H groups in total. The lowest BCUT2D eigenvalue weighted by Gasteiger charge is -2.41. The Labute approximate surface area is 152 Å². The van der Waals surface area contributed by atoms with Crippen LogP contribution in [0, 0.1) is 6.92 Å². The predicted molar refractivity (Wildman–Crippen MR) is 110 cm³/mol. The molecule has 1 unspecified atom stereocenters. The van der Waals surface area contributed by atoms with E-state index in [2.05, 4.69) is 25.7 Å². The van der Waals surface area contributed by atoms with E-state index >= 15 is 0 Å². The number of rotatable bonds is 5. The first-order chi connectivity index (χ1) is 11.9. The van der Waals surface area contributed by atoms with Gasteiger partial charge in [0.25, 0.3) is 0 Å². The van der Waals surface area contributed by atoms with Crippen LogP contribution in [-0.4, -0.2) is 25.5 Å². The van der Waals surface area contributed by atoms with Gasteiger partial charge < -0.3 is 5.11 Å². The van der Waals surface area contributed by atoms with E-state index in [1.807, 2.05) is 72.8 Å². The summed E-state index contributed by atoms with van der Waals surface area (Å²) in [6.07, 6.45) is 0.499. The van der Waals surface area contributed by atoms with Crippen LogP contribution in [0.1, 0.15) is 16.7 Å². The molecule has 3 rings (SSSR count). The lowest BCUT2D eigenvalue weighted by Crippen LogP contribution is -2.35. The van der Waals surface area contributed by atoms with Gasteiger partial charge in [-0.2, -0.15) is 0 Å². The van der Waals surface area contributed by atoms with Gasteiger partial charge in [-0.15, -0.1) is 0 Å². The van der Waals surface area contributed by atoms with E-state index in [0.717, 1.165) is 11.1 Å². The summed E-state index contributed by atoms with van der Waals surface area (Å²) >= 11 is 0. The SMILES string of the molecule is [B-][P+](C)(CC(O)(c1ccccc1)c1ccccc1)c1ccccc1C. The molecule has 1 nitrogen and oxygen atoms in total. The van der Waals surface area contributed by atoms with Crippen LogP contribution >= 0.6 is 7.14 Å². The van der Waals surface area contributed by atoms with E-state index in [4.69, 9.17) is 7.57 Å². The van der Waals surface area contributed by atoms with Gasteiger partial charge in [0.05, 0.1) is 6.16 Å². The molecule has 0 saturated carbocycles. The lowest BCUT2D eigenvalue weighted by atomic mass is 9.88. The van der Waals surface area contributed by atoms with Crippen LogP contribution in [0.3, 0.4) is 0 Å². The molecule has 0 fully saturated rings. The Morgan fingerprint density at radius 3 is 1.72 bits per heavy atom. The maximum Gasteiger partial charge on any atom is 0.144 e. The van der Waals surface area contributed by atoms with Crippen LogP contribution in [0.25, 0.3) is 0 Å². The summed E-state index contributed by atoms with van der Waals surface area (Å²) in [5.74, 6) is 0. The molecule has 0 bridgehead atoms. The molecule has 0 saturated heterocycles. The average molecular weight is 345 g/mol. The van der Waals surface area contributed by atoms with Crippen LogP contribution < -0.4 is 5.30 Å². The van der Waals surface area contributed by atoms with Crippen molar-refractivity contribution in [2.75, 3.05) is 12.8 Å². The molecular weight excluding hydrogens is 322 g/mol. The second kappa shape index (κ2) is 7.16. The Morgan fingerprint density at radius 2 is 1.24 bits per heavy atom. The molecule has 3 radical (unpaired) electrons. The standard InChI is InChI=1S/C22H23BOP/c1-18-11-9-10-16-21(18)25(2,23)17-22(24,19-12-5-3-6-13-19)20-14-7-4-8-15-20/h3-16,24H,17H2,1-2H3. The minimum absolute atomic E-state index is 0.499. The van der Waals surface area contributed by atoms with Gasteiger partial charge >= 0.3 is 0 Å². The van der Waals surface area contributed by atoms with Crippen LogP contribution in [-0.2, 0) is 5.60 Å². The van der Waals surface area contributed by atoms with Crippen LogP contribution in [0.5, 0.6) is 0 Å². The summed E-state index contributed by atoms with van der Waals surface area (Å²) in [4.78, 5) is 0. The Balaban J connectivity index is 2.09. The molecule has 0 aliphatic carbocycles. The van der Waals surface area contributed by atoms with Crippen molar-refractivity contribution in [1.29, 1.82) is 0 Å². The second-order valence-electron chi connectivity index (χ2n) is 6.80. The number of benzene rings is 3. The van der Waals surface area contributed by atoms with Gasteiger partial charge in [-0.05, 0) is 29.7 Å². The zero-order valence-corrected chi connectivity index (χ0v) is 15.7. The molecule has 0 spiro atoms. The zero-order valence-electron chi connectivity index (χ0n) is 14.8. The summed E-state index contributed by atoms with van der Waals surface area (Å²) in [6, 6.07) is 27.9. The molecule has 25 heavy (non-hydrogen) atoms. The summed E-state index contributed by atoms with van der Waals surface area (Å²) in [7, 11) is 4.82. The Kier molecular flexibility index (Phi) is 5.13. The third kappa shape index (κ3) is 3.71. The Bertz CT molecular complexity index is 791. The van der Waals surface area contributed by atoms with E-state index < -0.39 is 12.7 Å². The van der Waals surface area contributed by atoms with Crippen molar-refractivity contribution >= 4 is 20.0 Å². The molecule has 0 aliphatic heterocycles. The fraction of sp³-hybridized carbons (Fsp3) is 0.182. The van der Waals surface area contributed by atoms with Gasteiger partial charge in [0.2, 0.25) is 0 Å². The molecule has 0 aliphatic rings. The van der Waals surface area contributed by atoms with Crippen LogP contribution in [0.4, 0.5) is 0 Å². The molecule has 0 heterocycles. The number of aliphatic hydroxyl groups is 1. The molecule has 125 valence electrons. The first-order valence-corrected chi connectivity index (χ1v) is 11.0. The predicted octanol–water partition coefficient (Wildman–Crippen LogP) is 4.29. The van der Waals surface area contributed by atoms with Crippen molar-refractivity contribution in [3.63, 3.8) is 0 Å². The summed E-state index contributed by atoms with van der Waals surface area (Å²) in [6.45, 7) is 4.19. The third-order valence-electron chi connectivity index (χ3n) is 4.73. The number of hydrogen-bond acceptors (Lipinski definition) is 1. The van der Waals surface area contributed by atoms with E-state index in [1.54, 1.807) is 0 Å². The first-order valence-electron chi connectivity index (χ1n) is 8.47. The van der Waals surface area contributed by atoms with Crippen molar-refractivity contribution in [2.45, 2.75) is 12.5 Å². The van der Waals surface area contributed by atoms with Crippen molar-refractivity contribution in [2.24, 2.45) is 0 Å². The maximum absolute atomic E-state index is 11.8. The molecular formula is C22H23BOP. The highest BCUT2D eigenvalue weighted by atomic mass is 31.2. The summed E-state index contributed by atoms with van der Waals surface area (Å²) in [5.41, 5.74) is 1.84. The zero-order chi connectivity index (χ0) is 17.9. The van der Waals surface area contributed by atoms with Crippen molar-refractivity contribution < 1.29 is 5.11 Å². The molecule has 1 atom stereocenters. The average Bonchev–Trinajstić information content (AvgIpc) is 2.63. The highest BCUT2D eigenvalue weighted by molar-refractivity contribution is 8.02. The third-order valence-corrected chi connectivity index (χ3v) is 7.44. The van der Waals surface area contributed by atoms with E-state index in [9.17, 15) is 5.11 Å². The van der Waals surface area contributed by atoms with Gasteiger partial charge in [-0.3, -0.25) is 7.57 Å². The second-order valence-corrected chi connectivity index (χ2v) is 10.1. The quantitative estimate of drug-likeness (QED) is 0.540. The molecule has 0 aromatic heterocycles. The van der Waals surface area contributed by atoms with Crippen molar-refractivity contribution in [1.82, 2.24) is 0 Å². The van der Waals surface area contributed by atoms with Gasteiger partial charge in [0.15, 0.2) is 0 Å². The fourth-order valence-corrected chi connectivity index (χ4v) is 6.27.